The van der Waals surface area contributed by atoms with Crippen LogP contribution < -0.4 is 5.32 Å². The Morgan fingerprint density at radius 3 is 3.00 bits per heavy atom. The Morgan fingerprint density at radius 2 is 2.30 bits per heavy atom. The monoisotopic (exact) mass is 145 g/mol. The molecule has 0 aromatic rings. The zero-order chi connectivity index (χ0) is 7.40. The first-order chi connectivity index (χ1) is 4.84. The van der Waals surface area contributed by atoms with Crippen molar-refractivity contribution in [3.05, 3.63) is 0 Å². The van der Waals surface area contributed by atoms with Gasteiger partial charge in [0.1, 0.15) is 6.23 Å². The second-order valence-corrected chi connectivity index (χ2v) is 2.67. The summed E-state index contributed by atoms with van der Waals surface area (Å²) in [5, 5.41) is 12.5. The minimum Gasteiger partial charge on any atom is -0.389 e. The first-order valence-corrected chi connectivity index (χ1v) is 3.79. The van der Waals surface area contributed by atoms with Crippen molar-refractivity contribution in [1.82, 2.24) is 5.32 Å². The molecule has 10 heavy (non-hydrogen) atoms. The van der Waals surface area contributed by atoms with E-state index in [0.29, 0.717) is 0 Å². The number of hydrogen-bond donors (Lipinski definition) is 2. The minimum absolute atomic E-state index is 0.150. The Balaban J connectivity index is 2.35. The molecule has 3 nitrogen and oxygen atoms in total. The molecule has 2 unspecified atom stereocenters. The second-order valence-electron chi connectivity index (χ2n) is 2.67. The van der Waals surface area contributed by atoms with Gasteiger partial charge in [-0.05, 0) is 25.8 Å². The maximum absolute atomic E-state index is 9.36. The Morgan fingerprint density at radius 1 is 1.50 bits per heavy atom. The lowest BCUT2D eigenvalue weighted by atomic mass is 10.2. The summed E-state index contributed by atoms with van der Waals surface area (Å²) in [5.74, 6) is 0. The van der Waals surface area contributed by atoms with Crippen LogP contribution in [0.15, 0.2) is 0 Å². The van der Waals surface area contributed by atoms with Crippen LogP contribution in [0.5, 0.6) is 0 Å². The van der Waals surface area contributed by atoms with Gasteiger partial charge in [-0.3, -0.25) is 5.32 Å². The number of aliphatic hydroxyl groups excluding tert-OH is 1. The molecule has 1 rings (SSSR count). The van der Waals surface area contributed by atoms with Crippen LogP contribution in [-0.2, 0) is 4.74 Å². The normalized spacial score (nSPS) is 35.4. The van der Waals surface area contributed by atoms with E-state index in [-0.39, 0.29) is 12.3 Å². The van der Waals surface area contributed by atoms with Gasteiger partial charge in [-0.2, -0.15) is 0 Å². The average molecular weight is 145 g/mol. The maximum atomic E-state index is 9.36. The van der Waals surface area contributed by atoms with E-state index in [1.807, 2.05) is 0 Å². The molecule has 1 saturated heterocycles. The highest BCUT2D eigenvalue weighted by atomic mass is 16.5. The van der Waals surface area contributed by atoms with Crippen molar-refractivity contribution in [3.63, 3.8) is 0 Å². The van der Waals surface area contributed by atoms with Gasteiger partial charge < -0.3 is 9.84 Å². The van der Waals surface area contributed by atoms with Crippen molar-refractivity contribution >= 4 is 0 Å². The Hall–Kier alpha value is -0.120. The molecule has 1 aliphatic rings. The average Bonchev–Trinajstić information content (AvgIpc) is 2.13. The van der Waals surface area contributed by atoms with Gasteiger partial charge in [0.2, 0.25) is 0 Å². The van der Waals surface area contributed by atoms with Crippen molar-refractivity contribution in [2.45, 2.75) is 31.6 Å². The molecular weight excluding hydrogens is 130 g/mol. The van der Waals surface area contributed by atoms with E-state index in [1.54, 1.807) is 7.11 Å². The van der Waals surface area contributed by atoms with Crippen LogP contribution in [0, 0.1) is 0 Å². The number of aliphatic hydroxyl groups is 1. The van der Waals surface area contributed by atoms with E-state index in [1.165, 1.54) is 0 Å². The number of rotatable bonds is 1. The van der Waals surface area contributed by atoms with Gasteiger partial charge >= 0.3 is 0 Å². The van der Waals surface area contributed by atoms with Gasteiger partial charge in [-0.25, -0.2) is 0 Å². The fourth-order valence-electron chi connectivity index (χ4n) is 1.25. The largest absolute Gasteiger partial charge is 0.389 e. The summed E-state index contributed by atoms with van der Waals surface area (Å²) in [6.07, 6.45) is 2.60. The van der Waals surface area contributed by atoms with E-state index < -0.39 is 0 Å². The summed E-state index contributed by atoms with van der Waals surface area (Å²) in [7, 11) is 1.62. The molecule has 0 radical (unpaired) electrons. The second kappa shape index (κ2) is 3.91. The Kier molecular flexibility index (Phi) is 3.12. The van der Waals surface area contributed by atoms with Gasteiger partial charge in [0.25, 0.3) is 0 Å². The SMILES string of the molecule is COC1NCCCCC1O. The predicted molar refractivity (Wildman–Crippen MR) is 38.7 cm³/mol. The Labute approximate surface area is 61.4 Å². The number of hydrogen-bond acceptors (Lipinski definition) is 3. The van der Waals surface area contributed by atoms with Crippen LogP contribution in [0.4, 0.5) is 0 Å². The summed E-state index contributed by atoms with van der Waals surface area (Å²) < 4.78 is 5.02. The molecule has 0 bridgehead atoms. The summed E-state index contributed by atoms with van der Waals surface area (Å²) in [5.41, 5.74) is 0. The molecule has 2 atom stereocenters. The number of methoxy groups -OCH3 is 1. The number of nitrogens with one attached hydrogen (secondary N) is 1. The standard InChI is InChI=1S/C7H15NO2/c1-10-7-6(9)4-2-3-5-8-7/h6-9H,2-5H2,1H3. The van der Waals surface area contributed by atoms with E-state index >= 15 is 0 Å². The van der Waals surface area contributed by atoms with E-state index in [4.69, 9.17) is 4.74 Å². The third-order valence-electron chi connectivity index (χ3n) is 1.88. The maximum Gasteiger partial charge on any atom is 0.133 e. The van der Waals surface area contributed by atoms with Crippen LogP contribution in [0.3, 0.4) is 0 Å². The van der Waals surface area contributed by atoms with Crippen LogP contribution >= 0.6 is 0 Å². The molecule has 0 aromatic carbocycles. The molecule has 1 fully saturated rings. The third-order valence-corrected chi connectivity index (χ3v) is 1.88. The van der Waals surface area contributed by atoms with Crippen molar-refractivity contribution < 1.29 is 9.84 Å². The van der Waals surface area contributed by atoms with Crippen LogP contribution in [0.1, 0.15) is 19.3 Å². The molecule has 0 aromatic heterocycles. The van der Waals surface area contributed by atoms with Crippen LogP contribution in [0.2, 0.25) is 0 Å². The fourth-order valence-corrected chi connectivity index (χ4v) is 1.25. The lowest BCUT2D eigenvalue weighted by molar-refractivity contribution is -0.0285. The van der Waals surface area contributed by atoms with Gasteiger partial charge in [0.15, 0.2) is 0 Å². The molecular formula is C7H15NO2. The van der Waals surface area contributed by atoms with Crippen molar-refractivity contribution in [1.29, 1.82) is 0 Å². The first-order valence-electron chi connectivity index (χ1n) is 3.79. The van der Waals surface area contributed by atoms with Crippen molar-refractivity contribution in [3.8, 4) is 0 Å². The number of ether oxygens (including phenoxy) is 1. The molecule has 0 saturated carbocycles. The summed E-state index contributed by atoms with van der Waals surface area (Å²) in [4.78, 5) is 0. The minimum atomic E-state index is -0.326. The Bertz CT molecular complexity index is 97.6. The zero-order valence-corrected chi connectivity index (χ0v) is 6.34. The smallest absolute Gasteiger partial charge is 0.133 e. The third kappa shape index (κ3) is 1.94. The first kappa shape index (κ1) is 7.98. The summed E-state index contributed by atoms with van der Waals surface area (Å²) >= 11 is 0. The molecule has 0 spiro atoms. The summed E-state index contributed by atoms with van der Waals surface area (Å²) in [6.45, 7) is 0.954. The zero-order valence-electron chi connectivity index (χ0n) is 6.34. The van der Waals surface area contributed by atoms with E-state index in [0.717, 1.165) is 25.8 Å². The van der Waals surface area contributed by atoms with E-state index in [9.17, 15) is 5.11 Å². The quantitative estimate of drug-likeness (QED) is 0.549. The molecule has 2 N–H and O–H groups in total. The van der Waals surface area contributed by atoms with Crippen molar-refractivity contribution in [2.24, 2.45) is 0 Å². The van der Waals surface area contributed by atoms with E-state index in [2.05, 4.69) is 5.32 Å². The molecule has 0 aliphatic carbocycles. The van der Waals surface area contributed by atoms with Crippen molar-refractivity contribution in [2.75, 3.05) is 13.7 Å². The highest BCUT2D eigenvalue weighted by molar-refractivity contribution is 4.70. The lowest BCUT2D eigenvalue weighted by Gasteiger charge is -2.18. The van der Waals surface area contributed by atoms with Gasteiger partial charge in [-0.15, -0.1) is 0 Å². The highest BCUT2D eigenvalue weighted by Gasteiger charge is 2.19. The predicted octanol–water partition coefficient (Wildman–Crippen LogP) is 0.0933. The molecule has 60 valence electrons. The molecule has 1 aliphatic heterocycles. The topological polar surface area (TPSA) is 41.5 Å². The lowest BCUT2D eigenvalue weighted by Crippen LogP contribution is -2.39. The molecule has 3 heteroatoms. The van der Waals surface area contributed by atoms with Gasteiger partial charge in [0, 0.05) is 7.11 Å². The van der Waals surface area contributed by atoms with Crippen LogP contribution in [-0.4, -0.2) is 31.1 Å². The fraction of sp³-hybridized carbons (Fsp3) is 1.00. The summed E-state index contributed by atoms with van der Waals surface area (Å²) in [6, 6.07) is 0. The highest BCUT2D eigenvalue weighted by Crippen LogP contribution is 2.09. The van der Waals surface area contributed by atoms with Gasteiger partial charge in [0.05, 0.1) is 6.10 Å². The molecule has 0 amide bonds. The molecule has 1 heterocycles. The van der Waals surface area contributed by atoms with Gasteiger partial charge in [-0.1, -0.05) is 0 Å². The van der Waals surface area contributed by atoms with Crippen LogP contribution in [0.25, 0.3) is 0 Å².